The lowest BCUT2D eigenvalue weighted by Crippen LogP contribution is -2.52. The number of methoxy groups -OCH3 is 1. The lowest BCUT2D eigenvalue weighted by molar-refractivity contribution is -0.133. The number of carbonyl (C=O) groups excluding carboxylic acids is 1. The molecule has 5 nitrogen and oxygen atoms in total. The predicted molar refractivity (Wildman–Crippen MR) is 73.9 cm³/mol. The second-order valence-corrected chi connectivity index (χ2v) is 5.20. The molecule has 106 valence electrons. The fraction of sp³-hybridized carbons (Fsp3) is 0.308. The lowest BCUT2D eigenvalue weighted by atomic mass is 9.90. The largest absolute Gasteiger partial charge is 0.464 e. The van der Waals surface area contributed by atoms with Gasteiger partial charge in [0.15, 0.2) is 0 Å². The molecule has 1 aromatic heterocycles. The van der Waals surface area contributed by atoms with Crippen LogP contribution in [-0.4, -0.2) is 34.7 Å². The molecule has 0 radical (unpaired) electrons. The van der Waals surface area contributed by atoms with Crippen LogP contribution in [0.15, 0.2) is 35.2 Å². The van der Waals surface area contributed by atoms with E-state index in [0.29, 0.717) is 0 Å². The molecule has 2 heterocycles. The second kappa shape index (κ2) is 5.30. The number of pyridine rings is 1. The third-order valence-corrected chi connectivity index (χ3v) is 3.47. The zero-order valence-corrected chi connectivity index (χ0v) is 11.7. The molecule has 0 aliphatic carbocycles. The van der Waals surface area contributed by atoms with Gasteiger partial charge in [-0.3, -0.25) is 4.98 Å². The Morgan fingerprint density at radius 2 is 2.25 bits per heavy atom. The summed E-state index contributed by atoms with van der Waals surface area (Å²) in [4.78, 5) is 18.3. The van der Waals surface area contributed by atoms with Crippen LogP contribution < -0.4 is 5.73 Å². The average molecular weight is 298 g/mol. The van der Waals surface area contributed by atoms with E-state index < -0.39 is 22.7 Å². The van der Waals surface area contributed by atoms with Crippen molar-refractivity contribution in [2.75, 3.05) is 7.11 Å². The maximum Gasteiger partial charge on any atom is 0.354 e. The molecule has 1 aliphatic heterocycles. The number of nitrogens with two attached hydrogens (primary N) is 1. The smallest absolute Gasteiger partial charge is 0.354 e. The summed E-state index contributed by atoms with van der Waals surface area (Å²) in [7, 11) is 1.19. The van der Waals surface area contributed by atoms with Crippen molar-refractivity contribution in [1.29, 1.82) is 0 Å². The van der Waals surface area contributed by atoms with Crippen LogP contribution in [0.4, 0.5) is 4.39 Å². The van der Waals surface area contributed by atoms with Gasteiger partial charge in [-0.05, 0) is 19.1 Å². The van der Waals surface area contributed by atoms with Gasteiger partial charge in [0, 0.05) is 6.20 Å². The molecule has 2 unspecified atom stereocenters. The van der Waals surface area contributed by atoms with Crippen molar-refractivity contribution in [2.45, 2.75) is 17.8 Å². The van der Waals surface area contributed by atoms with E-state index >= 15 is 0 Å². The van der Waals surface area contributed by atoms with Crippen LogP contribution in [0.1, 0.15) is 12.6 Å². The summed E-state index contributed by atoms with van der Waals surface area (Å²) >= 11 is 6.16. The van der Waals surface area contributed by atoms with Crippen molar-refractivity contribution in [3.63, 3.8) is 0 Å². The molecule has 2 atom stereocenters. The van der Waals surface area contributed by atoms with Gasteiger partial charge in [-0.25, -0.2) is 14.2 Å². The van der Waals surface area contributed by atoms with E-state index in [4.69, 9.17) is 17.3 Å². The van der Waals surface area contributed by atoms with Gasteiger partial charge < -0.3 is 10.5 Å². The fourth-order valence-electron chi connectivity index (χ4n) is 1.83. The predicted octanol–water partition coefficient (Wildman–Crippen LogP) is 1.67. The Morgan fingerprint density at radius 1 is 1.55 bits per heavy atom. The number of carbonyl (C=O) groups is 1. The summed E-state index contributed by atoms with van der Waals surface area (Å²) in [5.74, 6) is -1.47. The molecule has 0 amide bonds. The first-order valence-electron chi connectivity index (χ1n) is 5.82. The van der Waals surface area contributed by atoms with Gasteiger partial charge in [-0.2, -0.15) is 0 Å². The zero-order valence-electron chi connectivity index (χ0n) is 10.9. The third-order valence-electron chi connectivity index (χ3n) is 3.06. The van der Waals surface area contributed by atoms with Crippen molar-refractivity contribution in [3.8, 4) is 0 Å². The Bertz CT molecular complexity index is 599. The zero-order chi connectivity index (χ0) is 14.9. The molecule has 7 heteroatoms. The molecule has 0 fully saturated rings. The molecule has 1 aliphatic rings. The first kappa shape index (κ1) is 14.6. The van der Waals surface area contributed by atoms with E-state index in [1.807, 2.05) is 0 Å². The van der Waals surface area contributed by atoms with Crippen LogP contribution >= 0.6 is 11.6 Å². The first-order chi connectivity index (χ1) is 9.39. The monoisotopic (exact) mass is 297 g/mol. The number of alkyl halides is 1. The minimum absolute atomic E-state index is 0.100. The number of rotatable bonds is 2. The molecule has 20 heavy (non-hydrogen) atoms. The molecule has 0 spiro atoms. The summed E-state index contributed by atoms with van der Waals surface area (Å²) in [6.07, 6.45) is 1.49. The highest BCUT2D eigenvalue weighted by atomic mass is 35.5. The Hall–Kier alpha value is -1.79. The van der Waals surface area contributed by atoms with Gasteiger partial charge >= 0.3 is 5.97 Å². The number of halogens is 2. The van der Waals surface area contributed by atoms with Crippen molar-refractivity contribution in [3.05, 3.63) is 35.9 Å². The summed E-state index contributed by atoms with van der Waals surface area (Å²) in [5, 5.41) is 0. The van der Waals surface area contributed by atoms with Gasteiger partial charge in [-0.15, -0.1) is 11.6 Å². The SMILES string of the molecule is COC(=O)C1=NC(c2ccccn2)=C(F)C(N)C1(C)Cl. The van der Waals surface area contributed by atoms with Crippen LogP contribution in [0.2, 0.25) is 0 Å². The van der Waals surface area contributed by atoms with Crippen LogP contribution in [0.25, 0.3) is 5.70 Å². The lowest BCUT2D eigenvalue weighted by Gasteiger charge is -2.32. The Balaban J connectivity index is 2.60. The minimum atomic E-state index is -1.48. The van der Waals surface area contributed by atoms with Gasteiger partial charge in [-0.1, -0.05) is 6.07 Å². The van der Waals surface area contributed by atoms with Gasteiger partial charge in [0.2, 0.25) is 0 Å². The second-order valence-electron chi connectivity index (χ2n) is 4.42. The molecular weight excluding hydrogens is 285 g/mol. The highest BCUT2D eigenvalue weighted by molar-refractivity contribution is 6.53. The van der Waals surface area contributed by atoms with Crippen molar-refractivity contribution < 1.29 is 13.9 Å². The number of nitrogens with zero attached hydrogens (tertiary/aromatic N) is 2. The molecule has 1 aromatic rings. The van der Waals surface area contributed by atoms with Crippen LogP contribution in [0.3, 0.4) is 0 Å². The van der Waals surface area contributed by atoms with Gasteiger partial charge in [0.25, 0.3) is 0 Å². The van der Waals surface area contributed by atoms with E-state index in [2.05, 4.69) is 14.7 Å². The van der Waals surface area contributed by atoms with Crippen molar-refractivity contribution in [1.82, 2.24) is 4.98 Å². The summed E-state index contributed by atoms with van der Waals surface area (Å²) in [6, 6.07) is 3.71. The number of ether oxygens (including phenoxy) is 1. The molecule has 0 bridgehead atoms. The first-order valence-corrected chi connectivity index (χ1v) is 6.20. The van der Waals surface area contributed by atoms with Crippen LogP contribution in [0.5, 0.6) is 0 Å². The highest BCUT2D eigenvalue weighted by Gasteiger charge is 2.46. The Morgan fingerprint density at radius 3 is 2.80 bits per heavy atom. The number of aromatic nitrogens is 1. The molecular formula is C13H13ClFN3O2. The van der Waals surface area contributed by atoms with Crippen LogP contribution in [-0.2, 0) is 9.53 Å². The molecule has 0 saturated carbocycles. The minimum Gasteiger partial charge on any atom is -0.464 e. The molecule has 0 aromatic carbocycles. The highest BCUT2D eigenvalue weighted by Crippen LogP contribution is 2.36. The number of hydrogen-bond acceptors (Lipinski definition) is 5. The number of aliphatic imine (C=N–C) groups is 1. The maximum atomic E-state index is 14.3. The maximum absolute atomic E-state index is 14.3. The van der Waals surface area contributed by atoms with E-state index in [0.717, 1.165) is 0 Å². The fourth-order valence-corrected chi connectivity index (χ4v) is 2.05. The molecule has 2 rings (SSSR count). The number of esters is 1. The standard InChI is InChI=1S/C13H13ClFN3O2/c1-13(14)10(16)8(15)9(7-5-3-4-6-17-7)18-11(13)12(19)20-2/h3-6,10H,16H2,1-2H3. The third kappa shape index (κ3) is 2.32. The van der Waals surface area contributed by atoms with E-state index in [9.17, 15) is 9.18 Å². The number of hydrogen-bond donors (Lipinski definition) is 1. The van der Waals surface area contributed by atoms with E-state index in [1.54, 1.807) is 18.2 Å². The summed E-state index contributed by atoms with van der Waals surface area (Å²) in [5.41, 5.74) is 5.81. The van der Waals surface area contributed by atoms with Gasteiger partial charge in [0.1, 0.15) is 22.1 Å². The Labute approximate surface area is 120 Å². The topological polar surface area (TPSA) is 77.6 Å². The normalized spacial score (nSPS) is 26.2. The van der Waals surface area contributed by atoms with Gasteiger partial charge in [0.05, 0.1) is 18.8 Å². The summed E-state index contributed by atoms with van der Waals surface area (Å²) < 4.78 is 19.0. The summed E-state index contributed by atoms with van der Waals surface area (Å²) in [6.45, 7) is 1.42. The molecule has 2 N–H and O–H groups in total. The van der Waals surface area contributed by atoms with E-state index in [-0.39, 0.29) is 17.1 Å². The van der Waals surface area contributed by atoms with Crippen molar-refractivity contribution in [2.24, 2.45) is 10.7 Å². The Kier molecular flexibility index (Phi) is 3.87. The average Bonchev–Trinajstić information content (AvgIpc) is 2.45. The van der Waals surface area contributed by atoms with E-state index in [1.165, 1.54) is 20.2 Å². The quantitative estimate of drug-likeness (QED) is 0.665. The van der Waals surface area contributed by atoms with Crippen LogP contribution in [0, 0.1) is 0 Å². The molecule has 0 saturated heterocycles. The van der Waals surface area contributed by atoms with Crippen molar-refractivity contribution >= 4 is 29.0 Å².